The summed E-state index contributed by atoms with van der Waals surface area (Å²) in [6, 6.07) is 7.34. The van der Waals surface area contributed by atoms with Gasteiger partial charge >= 0.3 is 6.18 Å². The summed E-state index contributed by atoms with van der Waals surface area (Å²) in [5, 5.41) is 6.41. The summed E-state index contributed by atoms with van der Waals surface area (Å²) in [5.41, 5.74) is -1.92. The number of fused-ring (bicyclic) bond motifs is 1. The molecule has 0 saturated heterocycles. The summed E-state index contributed by atoms with van der Waals surface area (Å²) < 4.78 is 46.9. The molecule has 0 radical (unpaired) electrons. The average Bonchev–Trinajstić information content (AvgIpc) is 3.16. The molecule has 0 aliphatic rings. The third kappa shape index (κ3) is 3.94. The Kier molecular flexibility index (Phi) is 5.44. The quantitative estimate of drug-likeness (QED) is 0.640. The molecule has 156 valence electrons. The van der Waals surface area contributed by atoms with Crippen molar-refractivity contribution in [3.63, 3.8) is 0 Å². The predicted octanol–water partition coefficient (Wildman–Crippen LogP) is 3.96. The molecular formula is C21H19F3N4O2. The number of aromatic nitrogens is 3. The van der Waals surface area contributed by atoms with Gasteiger partial charge in [0, 0.05) is 5.56 Å². The minimum atomic E-state index is -4.72. The van der Waals surface area contributed by atoms with Crippen LogP contribution < -0.4 is 10.1 Å². The van der Waals surface area contributed by atoms with E-state index < -0.39 is 23.3 Å². The highest BCUT2D eigenvalue weighted by Gasteiger charge is 2.36. The second-order valence-corrected chi connectivity index (χ2v) is 6.83. The minimum Gasteiger partial charge on any atom is -0.497 e. The van der Waals surface area contributed by atoms with Gasteiger partial charge in [-0.2, -0.15) is 18.3 Å². The molecule has 0 unspecified atom stereocenters. The van der Waals surface area contributed by atoms with Crippen molar-refractivity contribution in [2.24, 2.45) is 0 Å². The van der Waals surface area contributed by atoms with Gasteiger partial charge in [0.25, 0.3) is 5.91 Å². The zero-order valence-electron chi connectivity index (χ0n) is 16.5. The van der Waals surface area contributed by atoms with Crippen molar-refractivity contribution in [3.8, 4) is 29.4 Å². The number of benzene rings is 1. The minimum absolute atomic E-state index is 0.0264. The molecule has 1 N–H and O–H groups in total. The van der Waals surface area contributed by atoms with Gasteiger partial charge in [0.1, 0.15) is 11.3 Å². The molecule has 2 heterocycles. The maximum atomic E-state index is 13.7. The predicted molar refractivity (Wildman–Crippen MR) is 105 cm³/mol. The van der Waals surface area contributed by atoms with Gasteiger partial charge in [-0.05, 0) is 31.5 Å². The average molecular weight is 416 g/mol. The van der Waals surface area contributed by atoms with Gasteiger partial charge in [0.2, 0.25) is 0 Å². The molecule has 0 bridgehead atoms. The van der Waals surface area contributed by atoms with Crippen molar-refractivity contribution in [1.82, 2.24) is 19.9 Å². The molecule has 0 fully saturated rings. The van der Waals surface area contributed by atoms with Crippen LogP contribution in [0, 0.1) is 12.3 Å². The number of carbonyl (C=O) groups is 1. The molecule has 6 nitrogen and oxygen atoms in total. The van der Waals surface area contributed by atoms with Crippen molar-refractivity contribution < 1.29 is 22.7 Å². The first-order valence-electron chi connectivity index (χ1n) is 9.02. The van der Waals surface area contributed by atoms with Crippen molar-refractivity contribution >= 4 is 11.6 Å². The normalized spacial score (nSPS) is 13.5. The van der Waals surface area contributed by atoms with E-state index in [4.69, 9.17) is 11.2 Å². The number of amides is 1. The van der Waals surface area contributed by atoms with E-state index in [0.29, 0.717) is 22.2 Å². The lowest BCUT2D eigenvalue weighted by Crippen LogP contribution is -2.44. The summed E-state index contributed by atoms with van der Waals surface area (Å²) in [5.74, 6) is 2.28. The Labute approximate surface area is 171 Å². The van der Waals surface area contributed by atoms with Crippen LogP contribution in [-0.4, -0.2) is 33.2 Å². The standard InChI is InChI=1S/C21H19F3N4O2/c1-5-20(3,6-2)27-19(29)15-12-25-28-17(21(22,23)24)11-16(26-18(15)28)13-8-7-9-14(10-13)30-4/h1,7-12H,6H2,2-4H3,(H,27,29)/t20-/m1/s1. The van der Waals surface area contributed by atoms with Crippen LogP contribution in [0.3, 0.4) is 0 Å². The second-order valence-electron chi connectivity index (χ2n) is 6.83. The maximum absolute atomic E-state index is 13.7. The van der Waals surface area contributed by atoms with E-state index in [1.54, 1.807) is 38.1 Å². The number of nitrogens with zero attached hydrogens (tertiary/aromatic N) is 3. The van der Waals surface area contributed by atoms with E-state index in [9.17, 15) is 18.0 Å². The highest BCUT2D eigenvalue weighted by molar-refractivity contribution is 6.00. The SMILES string of the molecule is C#C[C@](C)(CC)NC(=O)c1cnn2c(C(F)(F)F)cc(-c3cccc(OC)c3)nc12. The van der Waals surface area contributed by atoms with E-state index >= 15 is 0 Å². The summed E-state index contributed by atoms with van der Waals surface area (Å²) >= 11 is 0. The first kappa shape index (κ1) is 21.2. The van der Waals surface area contributed by atoms with Gasteiger partial charge in [-0.25, -0.2) is 9.50 Å². The third-order valence-corrected chi connectivity index (χ3v) is 4.79. The highest BCUT2D eigenvalue weighted by atomic mass is 19.4. The zero-order valence-corrected chi connectivity index (χ0v) is 16.5. The van der Waals surface area contributed by atoms with Gasteiger partial charge in [0.15, 0.2) is 11.3 Å². The Morgan fingerprint density at radius 3 is 2.67 bits per heavy atom. The smallest absolute Gasteiger partial charge is 0.433 e. The van der Waals surface area contributed by atoms with Gasteiger partial charge < -0.3 is 10.1 Å². The Hall–Kier alpha value is -3.54. The number of rotatable bonds is 5. The first-order chi connectivity index (χ1) is 14.1. The Morgan fingerprint density at radius 1 is 1.33 bits per heavy atom. The number of terminal acetylenes is 1. The molecule has 9 heteroatoms. The van der Waals surface area contributed by atoms with E-state index in [1.807, 2.05) is 0 Å². The lowest BCUT2D eigenvalue weighted by molar-refractivity contribution is -0.142. The molecule has 1 aromatic carbocycles. The Bertz CT molecular complexity index is 1150. The van der Waals surface area contributed by atoms with Gasteiger partial charge in [-0.1, -0.05) is 25.0 Å². The first-order valence-corrected chi connectivity index (χ1v) is 9.02. The van der Waals surface area contributed by atoms with Gasteiger partial charge in [0.05, 0.1) is 24.5 Å². The zero-order chi connectivity index (χ0) is 22.1. The number of methoxy groups -OCH3 is 1. The lowest BCUT2D eigenvalue weighted by Gasteiger charge is -2.23. The van der Waals surface area contributed by atoms with Crippen LogP contribution in [0.25, 0.3) is 16.9 Å². The number of carbonyl (C=O) groups excluding carboxylic acids is 1. The lowest BCUT2D eigenvalue weighted by atomic mass is 10.00. The van der Waals surface area contributed by atoms with Crippen LogP contribution in [0.4, 0.5) is 13.2 Å². The summed E-state index contributed by atoms with van der Waals surface area (Å²) in [7, 11) is 1.45. The van der Waals surface area contributed by atoms with Crippen molar-refractivity contribution in [1.29, 1.82) is 0 Å². The number of alkyl halides is 3. The monoisotopic (exact) mass is 416 g/mol. The van der Waals surface area contributed by atoms with E-state index in [-0.39, 0.29) is 16.9 Å². The summed E-state index contributed by atoms with van der Waals surface area (Å²) in [6.07, 6.45) is 2.25. The molecular weight excluding hydrogens is 397 g/mol. The van der Waals surface area contributed by atoms with Crippen molar-refractivity contribution in [2.75, 3.05) is 7.11 Å². The third-order valence-electron chi connectivity index (χ3n) is 4.79. The highest BCUT2D eigenvalue weighted by Crippen LogP contribution is 2.33. The summed E-state index contributed by atoms with van der Waals surface area (Å²) in [6.45, 7) is 3.43. The molecule has 30 heavy (non-hydrogen) atoms. The molecule has 1 atom stereocenters. The van der Waals surface area contributed by atoms with E-state index in [1.165, 1.54) is 7.11 Å². The van der Waals surface area contributed by atoms with Gasteiger partial charge in [-0.3, -0.25) is 4.79 Å². The molecule has 3 rings (SSSR count). The Morgan fingerprint density at radius 2 is 2.07 bits per heavy atom. The molecule has 0 aliphatic heterocycles. The number of nitrogens with one attached hydrogen (secondary N) is 1. The van der Waals surface area contributed by atoms with Crippen molar-refractivity contribution in [3.05, 3.63) is 47.8 Å². The Balaban J connectivity index is 2.20. The van der Waals surface area contributed by atoms with Gasteiger partial charge in [-0.15, -0.1) is 6.42 Å². The van der Waals surface area contributed by atoms with Crippen LogP contribution in [0.5, 0.6) is 5.75 Å². The number of halogens is 3. The fourth-order valence-corrected chi connectivity index (χ4v) is 2.80. The van der Waals surface area contributed by atoms with Crippen LogP contribution in [-0.2, 0) is 6.18 Å². The molecule has 0 aliphatic carbocycles. The number of hydrogen-bond acceptors (Lipinski definition) is 4. The number of hydrogen-bond donors (Lipinski definition) is 1. The topological polar surface area (TPSA) is 68.5 Å². The van der Waals surface area contributed by atoms with E-state index in [2.05, 4.69) is 21.3 Å². The largest absolute Gasteiger partial charge is 0.497 e. The molecule has 0 saturated carbocycles. The van der Waals surface area contributed by atoms with Crippen molar-refractivity contribution in [2.45, 2.75) is 32.0 Å². The van der Waals surface area contributed by atoms with Crippen LogP contribution in [0.1, 0.15) is 36.3 Å². The second kappa shape index (κ2) is 7.71. The molecule has 1 amide bonds. The van der Waals surface area contributed by atoms with Crippen LogP contribution >= 0.6 is 0 Å². The molecule has 0 spiro atoms. The van der Waals surface area contributed by atoms with E-state index in [0.717, 1.165) is 12.3 Å². The number of ether oxygens (including phenoxy) is 1. The van der Waals surface area contributed by atoms with Crippen LogP contribution in [0.15, 0.2) is 36.5 Å². The molecule has 3 aromatic rings. The van der Waals surface area contributed by atoms with Crippen LogP contribution in [0.2, 0.25) is 0 Å². The fraction of sp³-hybridized carbons (Fsp3) is 0.286. The summed E-state index contributed by atoms with van der Waals surface area (Å²) in [4.78, 5) is 17.1. The fourth-order valence-electron chi connectivity index (χ4n) is 2.80. The molecule has 2 aromatic heterocycles. The maximum Gasteiger partial charge on any atom is 0.433 e.